The fourth-order valence-corrected chi connectivity index (χ4v) is 5.36. The van der Waals surface area contributed by atoms with E-state index < -0.39 is 38.2 Å². The number of nitrogens with zero attached hydrogens (tertiary/aromatic N) is 4. The molecule has 8 nitrogen and oxygen atoms in total. The van der Waals surface area contributed by atoms with Crippen molar-refractivity contribution < 1.29 is 26.0 Å². The molecule has 0 atom stereocenters. The van der Waals surface area contributed by atoms with Crippen LogP contribution in [-0.2, 0) is 22.7 Å². The van der Waals surface area contributed by atoms with Gasteiger partial charge in [-0.25, -0.2) is 17.8 Å². The van der Waals surface area contributed by atoms with Crippen molar-refractivity contribution in [1.82, 2.24) is 14.5 Å². The van der Waals surface area contributed by atoms with Crippen molar-refractivity contribution in [3.8, 4) is 22.5 Å². The molecule has 0 unspecified atom stereocenters. The van der Waals surface area contributed by atoms with E-state index in [-0.39, 0.29) is 0 Å². The summed E-state index contributed by atoms with van der Waals surface area (Å²) in [5.41, 5.74) is 1.20. The number of nitrogens with one attached hydrogen (secondary N) is 2. The third kappa shape index (κ3) is 4.50. The van der Waals surface area contributed by atoms with Gasteiger partial charge in [-0.15, -0.1) is 0 Å². The Morgan fingerprint density at radius 2 is 1.92 bits per heavy atom. The molecule has 0 aliphatic carbocycles. The number of aromatic nitrogens is 3. The van der Waals surface area contributed by atoms with Crippen LogP contribution in [0.2, 0.25) is 0 Å². The third-order valence-corrected chi connectivity index (χ3v) is 7.37. The van der Waals surface area contributed by atoms with Gasteiger partial charge in [0.05, 0.1) is 16.1 Å². The van der Waals surface area contributed by atoms with Crippen molar-refractivity contribution >= 4 is 21.5 Å². The summed E-state index contributed by atoms with van der Waals surface area (Å²) in [6.07, 6.45) is -3.11. The smallest absolute Gasteiger partial charge is 0.369 e. The van der Waals surface area contributed by atoms with Gasteiger partial charge in [-0.1, -0.05) is 6.07 Å². The maximum absolute atomic E-state index is 14.9. The SMILES string of the molecule is CN=c1ncc2cc(-c3cc(NS(=O)(=O)c4cccc(C(F)(F)F)c4)c(F)cc3C)c3n(c-2n1)CCN3. The van der Waals surface area contributed by atoms with Crippen molar-refractivity contribution in [3.63, 3.8) is 0 Å². The summed E-state index contributed by atoms with van der Waals surface area (Å²) in [6.45, 7) is 2.90. The Morgan fingerprint density at radius 1 is 1.14 bits per heavy atom. The average Bonchev–Trinajstić information content (AvgIpc) is 3.35. The molecule has 0 spiro atoms. The zero-order valence-electron chi connectivity index (χ0n) is 19.6. The van der Waals surface area contributed by atoms with Gasteiger partial charge in [0, 0.05) is 37.5 Å². The summed E-state index contributed by atoms with van der Waals surface area (Å²) >= 11 is 0. The summed E-state index contributed by atoms with van der Waals surface area (Å²) in [6, 6.07) is 7.57. The number of pyridine rings is 1. The Kier molecular flexibility index (Phi) is 5.89. The molecule has 3 heterocycles. The topological polar surface area (TPSA) is 101 Å². The van der Waals surface area contributed by atoms with E-state index in [0.29, 0.717) is 58.7 Å². The molecule has 0 fully saturated rings. The highest BCUT2D eigenvalue weighted by Crippen LogP contribution is 2.40. The molecule has 3 aliphatic rings. The summed E-state index contributed by atoms with van der Waals surface area (Å²) in [5, 5.41) is 3.29. The van der Waals surface area contributed by atoms with Crippen LogP contribution in [0.3, 0.4) is 0 Å². The quantitative estimate of drug-likeness (QED) is 0.383. The van der Waals surface area contributed by atoms with E-state index in [1.54, 1.807) is 20.2 Å². The van der Waals surface area contributed by atoms with Crippen LogP contribution in [-0.4, -0.2) is 36.5 Å². The Morgan fingerprint density at radius 3 is 2.65 bits per heavy atom. The maximum atomic E-state index is 14.9. The summed E-state index contributed by atoms with van der Waals surface area (Å²) in [5.74, 6) is 0.492. The van der Waals surface area contributed by atoms with Crippen molar-refractivity contribution in [2.24, 2.45) is 4.99 Å². The first-order valence-electron chi connectivity index (χ1n) is 11.1. The molecule has 0 amide bonds. The maximum Gasteiger partial charge on any atom is 0.416 e. The molecule has 2 N–H and O–H groups in total. The number of hydrogen-bond acceptors (Lipinski definition) is 6. The molecular weight excluding hydrogens is 512 g/mol. The van der Waals surface area contributed by atoms with E-state index in [4.69, 9.17) is 0 Å². The van der Waals surface area contributed by atoms with Crippen molar-refractivity contribution in [3.05, 3.63) is 71.2 Å². The van der Waals surface area contributed by atoms with Crippen LogP contribution < -0.4 is 15.7 Å². The van der Waals surface area contributed by atoms with E-state index in [0.717, 1.165) is 18.2 Å². The standard InChI is InChI=1S/C24H20F4N6O2S/c1-13-8-19(25)20(33-37(35,36)16-5-3-4-15(10-16)24(26,27)28)11-17(13)18-9-14-12-31-23(29-2)32-21(14)34-7-6-30-22(18)34/h3-5,8-12,30,33H,6-7H2,1-2H3. The lowest BCUT2D eigenvalue weighted by Gasteiger charge is -2.19. The summed E-state index contributed by atoms with van der Waals surface area (Å²) in [4.78, 5) is 12.1. The number of anilines is 2. The molecule has 5 rings (SSSR count). The zero-order valence-corrected chi connectivity index (χ0v) is 20.4. The van der Waals surface area contributed by atoms with E-state index in [2.05, 4.69) is 25.0 Å². The Labute approximate surface area is 209 Å². The van der Waals surface area contributed by atoms with E-state index >= 15 is 0 Å². The molecule has 0 bridgehead atoms. The van der Waals surface area contributed by atoms with Crippen LogP contribution >= 0.6 is 0 Å². The minimum Gasteiger partial charge on any atom is -0.369 e. The van der Waals surface area contributed by atoms with Crippen LogP contribution in [0.1, 0.15) is 11.1 Å². The Bertz CT molecular complexity index is 1680. The number of alkyl halides is 3. The second-order valence-electron chi connectivity index (χ2n) is 8.44. The number of benzene rings is 2. The van der Waals surface area contributed by atoms with Gasteiger partial charge >= 0.3 is 6.18 Å². The van der Waals surface area contributed by atoms with Gasteiger partial charge in [-0.3, -0.25) is 9.71 Å². The molecule has 3 aliphatic heterocycles. The van der Waals surface area contributed by atoms with Crippen LogP contribution in [0.4, 0.5) is 29.1 Å². The molecule has 0 saturated carbocycles. The van der Waals surface area contributed by atoms with Crippen molar-refractivity contribution in [2.45, 2.75) is 24.5 Å². The zero-order chi connectivity index (χ0) is 26.5. The molecule has 0 saturated heterocycles. The van der Waals surface area contributed by atoms with Gasteiger partial charge < -0.3 is 9.88 Å². The minimum atomic E-state index is -4.73. The second-order valence-corrected chi connectivity index (χ2v) is 10.1. The summed E-state index contributed by atoms with van der Waals surface area (Å²) < 4.78 is 84.1. The molecule has 13 heteroatoms. The van der Waals surface area contributed by atoms with E-state index in [1.165, 1.54) is 12.1 Å². The minimum absolute atomic E-state index is 0.325. The molecule has 192 valence electrons. The van der Waals surface area contributed by atoms with Crippen LogP contribution in [0.5, 0.6) is 0 Å². The number of aryl methyl sites for hydroxylation is 1. The number of fused-ring (bicyclic) bond motifs is 3. The molecular formula is C24H20F4N6O2S. The monoisotopic (exact) mass is 532 g/mol. The predicted octanol–water partition coefficient (Wildman–Crippen LogP) is 4.27. The second kappa shape index (κ2) is 8.83. The number of halogens is 4. The van der Waals surface area contributed by atoms with Gasteiger partial charge in [-0.2, -0.15) is 18.2 Å². The highest BCUT2D eigenvalue weighted by Gasteiger charge is 2.32. The van der Waals surface area contributed by atoms with Crippen molar-refractivity contribution in [2.75, 3.05) is 23.6 Å². The van der Waals surface area contributed by atoms with Crippen LogP contribution in [0.15, 0.2) is 58.5 Å². The van der Waals surface area contributed by atoms with E-state index in [9.17, 15) is 26.0 Å². The Balaban J connectivity index is 1.61. The van der Waals surface area contributed by atoms with Gasteiger partial charge in [0.1, 0.15) is 17.5 Å². The lowest BCUT2D eigenvalue weighted by molar-refractivity contribution is -0.137. The highest BCUT2D eigenvalue weighted by atomic mass is 32.2. The molecule has 37 heavy (non-hydrogen) atoms. The fraction of sp³-hybridized carbons (Fsp3) is 0.208. The number of hydrogen-bond donors (Lipinski definition) is 2. The third-order valence-electron chi connectivity index (χ3n) is 6.01. The molecule has 2 aromatic carbocycles. The van der Waals surface area contributed by atoms with Gasteiger partial charge in [0.25, 0.3) is 10.0 Å². The average molecular weight is 533 g/mol. The van der Waals surface area contributed by atoms with Crippen molar-refractivity contribution in [1.29, 1.82) is 0 Å². The summed E-state index contributed by atoms with van der Waals surface area (Å²) in [7, 11) is -2.94. The van der Waals surface area contributed by atoms with E-state index in [1.807, 2.05) is 10.6 Å². The van der Waals surface area contributed by atoms with Crippen LogP contribution in [0, 0.1) is 12.7 Å². The lowest BCUT2D eigenvalue weighted by atomic mass is 9.98. The fourth-order valence-electron chi connectivity index (χ4n) is 4.26. The first-order chi connectivity index (χ1) is 17.5. The first kappa shape index (κ1) is 24.7. The normalized spacial score (nSPS) is 14.1. The first-order valence-corrected chi connectivity index (χ1v) is 12.5. The molecule has 0 aromatic heterocycles. The number of rotatable bonds is 4. The predicted molar refractivity (Wildman–Crippen MR) is 129 cm³/mol. The molecule has 0 radical (unpaired) electrons. The Hall–Kier alpha value is -4.00. The van der Waals surface area contributed by atoms with Gasteiger partial charge in [-0.05, 0) is 54.4 Å². The lowest BCUT2D eigenvalue weighted by Crippen LogP contribution is -2.17. The largest absolute Gasteiger partial charge is 0.416 e. The highest BCUT2D eigenvalue weighted by molar-refractivity contribution is 7.92. The molecule has 2 aromatic rings. The number of sulfonamides is 1. The van der Waals surface area contributed by atoms with Gasteiger partial charge in [0.15, 0.2) is 0 Å². The van der Waals surface area contributed by atoms with Gasteiger partial charge in [0.2, 0.25) is 5.62 Å². The van der Waals surface area contributed by atoms with Crippen LogP contribution in [0.25, 0.3) is 22.5 Å².